The van der Waals surface area contributed by atoms with Crippen molar-refractivity contribution in [2.75, 3.05) is 11.9 Å². The van der Waals surface area contributed by atoms with Gasteiger partial charge in [-0.3, -0.25) is 9.78 Å². The lowest BCUT2D eigenvalue weighted by Crippen LogP contribution is -2.24. The zero-order valence-electron chi connectivity index (χ0n) is 20.1. The van der Waals surface area contributed by atoms with Crippen molar-refractivity contribution in [3.8, 4) is 5.69 Å². The third-order valence-electron chi connectivity index (χ3n) is 6.41. The second-order valence-electron chi connectivity index (χ2n) is 9.22. The molecule has 0 spiro atoms. The Bertz CT molecular complexity index is 1490. The molecule has 1 unspecified atom stereocenters. The highest BCUT2D eigenvalue weighted by atomic mass is 19.4. The number of benzene rings is 1. The SMILES string of the molecule is CC(C)n1c(=O)c2cnc(Nc3ccc4c(c3)CNCC4)nc2n1-c1ccnc(C(C)C(F)(F)F)c1. The number of alkyl halides is 3. The van der Waals surface area contributed by atoms with Crippen LogP contribution < -0.4 is 16.2 Å². The average Bonchev–Trinajstić information content (AvgIpc) is 3.15. The number of rotatable bonds is 5. The van der Waals surface area contributed by atoms with Gasteiger partial charge in [-0.2, -0.15) is 18.2 Å². The monoisotopic (exact) mass is 497 g/mol. The number of pyridine rings is 1. The molecule has 1 atom stereocenters. The van der Waals surface area contributed by atoms with E-state index in [1.165, 1.54) is 34.3 Å². The molecule has 8 nitrogen and oxygen atoms in total. The number of anilines is 2. The molecule has 1 aliphatic rings. The zero-order valence-corrected chi connectivity index (χ0v) is 20.1. The molecule has 36 heavy (non-hydrogen) atoms. The Morgan fingerprint density at radius 2 is 1.89 bits per heavy atom. The van der Waals surface area contributed by atoms with E-state index in [9.17, 15) is 18.0 Å². The molecule has 1 aromatic carbocycles. The normalized spacial score (nSPS) is 14.8. The van der Waals surface area contributed by atoms with Gasteiger partial charge >= 0.3 is 6.18 Å². The van der Waals surface area contributed by atoms with Crippen molar-refractivity contribution < 1.29 is 13.2 Å². The van der Waals surface area contributed by atoms with Crippen molar-refractivity contribution in [1.29, 1.82) is 0 Å². The lowest BCUT2D eigenvalue weighted by atomic mass is 10.0. The number of nitrogens with one attached hydrogen (secondary N) is 2. The highest BCUT2D eigenvalue weighted by molar-refractivity contribution is 5.77. The van der Waals surface area contributed by atoms with Crippen LogP contribution in [0.1, 0.15) is 49.6 Å². The van der Waals surface area contributed by atoms with E-state index in [1.54, 1.807) is 10.7 Å². The molecule has 0 saturated heterocycles. The van der Waals surface area contributed by atoms with Crippen molar-refractivity contribution in [3.05, 3.63) is 69.9 Å². The summed E-state index contributed by atoms with van der Waals surface area (Å²) in [6.45, 7) is 6.44. The Kier molecular flexibility index (Phi) is 6.03. The first-order valence-corrected chi connectivity index (χ1v) is 11.8. The number of hydrogen-bond donors (Lipinski definition) is 2. The van der Waals surface area contributed by atoms with Crippen LogP contribution in [0.25, 0.3) is 16.7 Å². The molecule has 0 amide bonds. The maximum atomic E-state index is 13.4. The topological polar surface area (TPSA) is 89.7 Å². The summed E-state index contributed by atoms with van der Waals surface area (Å²) < 4.78 is 43.1. The summed E-state index contributed by atoms with van der Waals surface area (Å²) >= 11 is 0. The summed E-state index contributed by atoms with van der Waals surface area (Å²) in [7, 11) is 0. The zero-order chi connectivity index (χ0) is 25.6. The molecule has 0 aliphatic carbocycles. The highest BCUT2D eigenvalue weighted by Gasteiger charge is 2.38. The van der Waals surface area contributed by atoms with Crippen molar-refractivity contribution in [1.82, 2.24) is 29.6 Å². The van der Waals surface area contributed by atoms with Crippen LogP contribution in [-0.4, -0.2) is 37.0 Å². The van der Waals surface area contributed by atoms with E-state index < -0.39 is 12.1 Å². The fourth-order valence-electron chi connectivity index (χ4n) is 4.43. The Morgan fingerprint density at radius 1 is 1.08 bits per heavy atom. The fourth-order valence-corrected chi connectivity index (χ4v) is 4.43. The van der Waals surface area contributed by atoms with Crippen LogP contribution in [-0.2, 0) is 13.0 Å². The Morgan fingerprint density at radius 3 is 2.64 bits per heavy atom. The molecule has 0 bridgehead atoms. The van der Waals surface area contributed by atoms with Gasteiger partial charge in [0.25, 0.3) is 5.56 Å². The third-order valence-corrected chi connectivity index (χ3v) is 6.41. The molecule has 3 aromatic heterocycles. The van der Waals surface area contributed by atoms with Crippen LogP contribution in [0.2, 0.25) is 0 Å². The van der Waals surface area contributed by atoms with Gasteiger partial charge in [-0.25, -0.2) is 14.3 Å². The first kappa shape index (κ1) is 24.0. The van der Waals surface area contributed by atoms with Gasteiger partial charge in [0, 0.05) is 30.7 Å². The van der Waals surface area contributed by atoms with Gasteiger partial charge in [0.05, 0.1) is 17.3 Å². The molecular weight excluding hydrogens is 471 g/mol. The van der Waals surface area contributed by atoms with E-state index in [1.807, 2.05) is 26.0 Å². The van der Waals surface area contributed by atoms with Crippen molar-refractivity contribution in [2.45, 2.75) is 51.9 Å². The molecule has 11 heteroatoms. The van der Waals surface area contributed by atoms with Crippen LogP contribution in [0.5, 0.6) is 0 Å². The molecule has 188 valence electrons. The molecule has 4 heterocycles. The fraction of sp³-hybridized carbons (Fsp3) is 0.360. The average molecular weight is 498 g/mol. The summed E-state index contributed by atoms with van der Waals surface area (Å²) in [5, 5.41) is 6.81. The molecule has 4 aromatic rings. The number of nitrogens with zero attached hydrogens (tertiary/aromatic N) is 5. The predicted molar refractivity (Wildman–Crippen MR) is 131 cm³/mol. The van der Waals surface area contributed by atoms with E-state index in [2.05, 4.69) is 31.7 Å². The Balaban J connectivity index is 1.61. The van der Waals surface area contributed by atoms with E-state index in [0.29, 0.717) is 11.3 Å². The second-order valence-corrected chi connectivity index (χ2v) is 9.22. The van der Waals surface area contributed by atoms with E-state index in [4.69, 9.17) is 0 Å². The van der Waals surface area contributed by atoms with Crippen LogP contribution in [0.15, 0.2) is 47.5 Å². The van der Waals surface area contributed by atoms with Gasteiger partial charge in [0.15, 0.2) is 5.65 Å². The van der Waals surface area contributed by atoms with Gasteiger partial charge < -0.3 is 10.6 Å². The minimum Gasteiger partial charge on any atom is -0.324 e. The van der Waals surface area contributed by atoms with Crippen molar-refractivity contribution in [3.63, 3.8) is 0 Å². The largest absolute Gasteiger partial charge is 0.396 e. The van der Waals surface area contributed by atoms with Crippen LogP contribution in [0.4, 0.5) is 24.8 Å². The quantitative estimate of drug-likeness (QED) is 0.419. The maximum Gasteiger partial charge on any atom is 0.396 e. The molecule has 0 fully saturated rings. The molecule has 5 rings (SSSR count). The van der Waals surface area contributed by atoms with Crippen molar-refractivity contribution in [2.24, 2.45) is 0 Å². The summed E-state index contributed by atoms with van der Waals surface area (Å²) in [5.74, 6) is -1.48. The number of hydrogen-bond acceptors (Lipinski definition) is 6. The standard InChI is InChI=1S/C25H26F3N7O/c1-14(2)34-23(36)20-13-31-24(32-18-5-4-16-6-8-29-12-17(16)10-18)33-22(20)35(34)19-7-9-30-21(11-19)15(3)25(26,27)28/h4-5,7,9-11,13-15,29H,6,8,12H2,1-3H3,(H,31,32,33). The molecule has 2 N–H and O–H groups in total. The minimum atomic E-state index is -4.44. The van der Waals surface area contributed by atoms with Crippen LogP contribution in [0, 0.1) is 0 Å². The first-order valence-electron chi connectivity index (χ1n) is 11.8. The number of fused-ring (bicyclic) bond motifs is 2. The van der Waals surface area contributed by atoms with E-state index in [-0.39, 0.29) is 28.6 Å². The van der Waals surface area contributed by atoms with Gasteiger partial charge in [-0.1, -0.05) is 6.07 Å². The van der Waals surface area contributed by atoms with Crippen LogP contribution in [0.3, 0.4) is 0 Å². The summed E-state index contributed by atoms with van der Waals surface area (Å²) in [6, 6.07) is 8.69. The van der Waals surface area contributed by atoms with Gasteiger partial charge in [-0.15, -0.1) is 0 Å². The summed E-state index contributed by atoms with van der Waals surface area (Å²) in [4.78, 5) is 26.1. The first-order chi connectivity index (χ1) is 17.1. The maximum absolute atomic E-state index is 13.4. The van der Waals surface area contributed by atoms with Gasteiger partial charge in [-0.05, 0) is 69.1 Å². The summed E-state index contributed by atoms with van der Waals surface area (Å²) in [5.41, 5.74) is 3.48. The molecule has 0 saturated carbocycles. The highest BCUT2D eigenvalue weighted by Crippen LogP contribution is 2.34. The third kappa shape index (κ3) is 4.34. The van der Waals surface area contributed by atoms with Crippen LogP contribution >= 0.6 is 0 Å². The van der Waals surface area contributed by atoms with Gasteiger partial charge in [0.1, 0.15) is 5.39 Å². The minimum absolute atomic E-state index is 0.139. The lowest BCUT2D eigenvalue weighted by Gasteiger charge is -2.19. The summed E-state index contributed by atoms with van der Waals surface area (Å²) in [6.07, 6.45) is -0.710. The molecule has 0 radical (unpaired) electrons. The number of aromatic nitrogens is 5. The second kappa shape index (κ2) is 9.05. The lowest BCUT2D eigenvalue weighted by molar-refractivity contribution is -0.147. The Hall–Kier alpha value is -3.73. The van der Waals surface area contributed by atoms with E-state index >= 15 is 0 Å². The van der Waals surface area contributed by atoms with Gasteiger partial charge in [0.2, 0.25) is 5.95 Å². The number of halogens is 3. The Labute approximate surface area is 205 Å². The molecular formula is C25H26F3N7O. The predicted octanol–water partition coefficient (Wildman–Crippen LogP) is 4.61. The van der Waals surface area contributed by atoms with Crippen molar-refractivity contribution >= 4 is 22.7 Å². The smallest absolute Gasteiger partial charge is 0.324 e. The molecule has 1 aliphatic heterocycles. The van der Waals surface area contributed by atoms with E-state index in [0.717, 1.165) is 32.1 Å².